The number of para-hydroxylation sites is 1. The summed E-state index contributed by atoms with van der Waals surface area (Å²) in [7, 11) is -4.08. The first-order valence-electron chi connectivity index (χ1n) is 9.59. The lowest BCUT2D eigenvalue weighted by Crippen LogP contribution is -2.48. The molecule has 1 amide bonds. The molecule has 0 N–H and O–H groups in total. The van der Waals surface area contributed by atoms with Gasteiger partial charge in [0.25, 0.3) is 5.91 Å². The van der Waals surface area contributed by atoms with Gasteiger partial charge in [0.1, 0.15) is 6.04 Å². The summed E-state index contributed by atoms with van der Waals surface area (Å²) in [5.41, 5.74) is 0.276. The first-order chi connectivity index (χ1) is 13.4. The number of sulfone groups is 1. The molecule has 2 aliphatic heterocycles. The molecule has 28 heavy (non-hydrogen) atoms. The largest absolute Gasteiger partial charge is 0.464 e. The fourth-order valence-corrected chi connectivity index (χ4v) is 4.95. The average molecular weight is 407 g/mol. The van der Waals surface area contributed by atoms with Crippen molar-refractivity contribution < 1.29 is 22.7 Å². The van der Waals surface area contributed by atoms with Crippen LogP contribution in [0.3, 0.4) is 0 Å². The van der Waals surface area contributed by atoms with E-state index < -0.39 is 32.8 Å². The maximum absolute atomic E-state index is 13.1. The Hall–Kier alpha value is -2.42. The third-order valence-electron chi connectivity index (χ3n) is 4.92. The molecule has 0 bridgehead atoms. The SMILES string of the molecule is CCOC(=O)C(CC)N1N=C(C(=O)N2CCCCC2)S(=O)(=O)c2ccccc21. The van der Waals surface area contributed by atoms with Gasteiger partial charge >= 0.3 is 5.97 Å². The summed E-state index contributed by atoms with van der Waals surface area (Å²) in [6, 6.07) is 5.47. The zero-order valence-electron chi connectivity index (χ0n) is 16.1. The highest BCUT2D eigenvalue weighted by Gasteiger charge is 2.42. The van der Waals surface area contributed by atoms with Crippen molar-refractivity contribution >= 4 is 32.4 Å². The second kappa shape index (κ2) is 8.30. The first kappa shape index (κ1) is 20.3. The molecular formula is C19H25N3O5S. The number of fused-ring (bicyclic) bond motifs is 1. The minimum Gasteiger partial charge on any atom is -0.464 e. The van der Waals surface area contributed by atoms with Crippen LogP contribution in [-0.2, 0) is 24.2 Å². The van der Waals surface area contributed by atoms with E-state index in [1.54, 1.807) is 32.0 Å². The second-order valence-electron chi connectivity index (χ2n) is 6.75. The summed E-state index contributed by atoms with van der Waals surface area (Å²) in [6.45, 7) is 4.70. The highest BCUT2D eigenvalue weighted by molar-refractivity contribution is 8.08. The lowest BCUT2D eigenvalue weighted by atomic mass is 10.1. The van der Waals surface area contributed by atoms with Gasteiger partial charge in [-0.3, -0.25) is 4.79 Å². The number of amides is 1. The van der Waals surface area contributed by atoms with Gasteiger partial charge in [-0.25, -0.2) is 18.2 Å². The maximum atomic E-state index is 13.1. The average Bonchev–Trinajstić information content (AvgIpc) is 2.70. The lowest BCUT2D eigenvalue weighted by molar-refractivity contribution is -0.144. The zero-order valence-corrected chi connectivity index (χ0v) is 16.9. The molecule has 0 spiro atoms. The summed E-state index contributed by atoms with van der Waals surface area (Å²) < 4.78 is 31.4. The number of likely N-dealkylation sites (tertiary alicyclic amines) is 1. The molecular weight excluding hydrogens is 382 g/mol. The van der Waals surface area contributed by atoms with Gasteiger partial charge in [0, 0.05) is 13.1 Å². The molecule has 1 saturated heterocycles. The number of anilines is 1. The monoisotopic (exact) mass is 407 g/mol. The van der Waals surface area contributed by atoms with Gasteiger partial charge in [-0.2, -0.15) is 5.10 Å². The van der Waals surface area contributed by atoms with Gasteiger partial charge in [-0.15, -0.1) is 0 Å². The van der Waals surface area contributed by atoms with E-state index in [4.69, 9.17) is 4.74 Å². The van der Waals surface area contributed by atoms with E-state index in [1.165, 1.54) is 16.0 Å². The molecule has 2 heterocycles. The highest BCUT2D eigenvalue weighted by atomic mass is 32.2. The number of hydrogen-bond donors (Lipinski definition) is 0. The molecule has 2 aliphatic rings. The van der Waals surface area contributed by atoms with Crippen LogP contribution in [0.5, 0.6) is 0 Å². The normalized spacial score (nSPS) is 19.4. The molecule has 1 fully saturated rings. The molecule has 0 radical (unpaired) electrons. The van der Waals surface area contributed by atoms with Gasteiger partial charge in [0.05, 0.1) is 17.2 Å². The predicted octanol–water partition coefficient (Wildman–Crippen LogP) is 1.95. The van der Waals surface area contributed by atoms with Crippen LogP contribution in [0.25, 0.3) is 0 Å². The Morgan fingerprint density at radius 1 is 1.14 bits per heavy atom. The molecule has 9 heteroatoms. The molecule has 8 nitrogen and oxygen atoms in total. The van der Waals surface area contributed by atoms with Crippen molar-refractivity contribution in [2.24, 2.45) is 5.10 Å². The van der Waals surface area contributed by atoms with Crippen LogP contribution in [0, 0.1) is 0 Å². The van der Waals surface area contributed by atoms with Gasteiger partial charge in [-0.1, -0.05) is 19.1 Å². The molecule has 1 aromatic carbocycles. The first-order valence-corrected chi connectivity index (χ1v) is 11.1. The number of rotatable bonds is 5. The Bertz CT molecular complexity index is 891. The topological polar surface area (TPSA) is 96.3 Å². The Kier molecular flexibility index (Phi) is 6.02. The quantitative estimate of drug-likeness (QED) is 0.692. The smallest absolute Gasteiger partial charge is 0.330 e. The number of hydrazone groups is 1. The van der Waals surface area contributed by atoms with E-state index in [1.807, 2.05) is 0 Å². The number of piperidine rings is 1. The van der Waals surface area contributed by atoms with Crippen LogP contribution < -0.4 is 5.01 Å². The van der Waals surface area contributed by atoms with Crippen LogP contribution in [0.1, 0.15) is 39.5 Å². The van der Waals surface area contributed by atoms with E-state index in [9.17, 15) is 18.0 Å². The number of esters is 1. The third-order valence-corrected chi connectivity index (χ3v) is 6.61. The number of benzene rings is 1. The van der Waals surface area contributed by atoms with Crippen molar-refractivity contribution in [2.75, 3.05) is 24.7 Å². The predicted molar refractivity (Wildman–Crippen MR) is 105 cm³/mol. The zero-order chi connectivity index (χ0) is 20.3. The molecule has 1 unspecified atom stereocenters. The summed E-state index contributed by atoms with van der Waals surface area (Å²) in [5.74, 6) is -1.12. The lowest BCUT2D eigenvalue weighted by Gasteiger charge is -2.33. The van der Waals surface area contributed by atoms with Gasteiger partial charge in [0.2, 0.25) is 14.9 Å². The molecule has 0 aliphatic carbocycles. The van der Waals surface area contributed by atoms with E-state index in [2.05, 4.69) is 5.10 Å². The van der Waals surface area contributed by atoms with Crippen molar-refractivity contribution in [2.45, 2.75) is 50.5 Å². The van der Waals surface area contributed by atoms with Crippen molar-refractivity contribution in [1.82, 2.24) is 4.90 Å². The van der Waals surface area contributed by atoms with Crippen LogP contribution in [0.15, 0.2) is 34.3 Å². The van der Waals surface area contributed by atoms with Gasteiger partial charge in [0.15, 0.2) is 0 Å². The Labute approximate surface area is 165 Å². The Balaban J connectivity index is 2.09. The number of nitrogens with zero attached hydrogens (tertiary/aromatic N) is 3. The van der Waals surface area contributed by atoms with Gasteiger partial charge < -0.3 is 9.64 Å². The molecule has 0 saturated carbocycles. The number of hydrogen-bond acceptors (Lipinski definition) is 7. The van der Waals surface area contributed by atoms with Crippen LogP contribution >= 0.6 is 0 Å². The fraction of sp³-hybridized carbons (Fsp3) is 0.526. The summed E-state index contributed by atoms with van der Waals surface area (Å²) in [4.78, 5) is 27.0. The number of carbonyl (C=O) groups is 2. The summed E-state index contributed by atoms with van der Waals surface area (Å²) in [6.07, 6.45) is 3.03. The van der Waals surface area contributed by atoms with Crippen LogP contribution in [-0.4, -0.2) is 56.0 Å². The number of carbonyl (C=O) groups excluding carboxylic acids is 2. The van der Waals surface area contributed by atoms with Gasteiger partial charge in [-0.05, 0) is 44.7 Å². The minimum absolute atomic E-state index is 0.0203. The standard InChI is InChI=1S/C19H25N3O5S/c1-3-14(19(24)27-4-2)22-15-10-6-7-11-16(15)28(25,26)17(20-22)18(23)21-12-8-5-9-13-21/h6-7,10-11,14H,3-5,8-9,12-13H2,1-2H3. The molecule has 1 atom stereocenters. The van der Waals surface area contributed by atoms with E-state index in [0.29, 0.717) is 19.5 Å². The van der Waals surface area contributed by atoms with Crippen molar-refractivity contribution in [3.63, 3.8) is 0 Å². The van der Waals surface area contributed by atoms with Crippen molar-refractivity contribution in [3.8, 4) is 0 Å². The number of ether oxygens (including phenoxy) is 1. The molecule has 152 valence electrons. The van der Waals surface area contributed by atoms with E-state index >= 15 is 0 Å². The fourth-order valence-electron chi connectivity index (χ4n) is 3.49. The molecule has 0 aromatic heterocycles. The minimum atomic E-state index is -4.08. The summed E-state index contributed by atoms with van der Waals surface area (Å²) in [5, 5.41) is 4.99. The Morgan fingerprint density at radius 3 is 2.46 bits per heavy atom. The van der Waals surface area contributed by atoms with Crippen molar-refractivity contribution in [1.29, 1.82) is 0 Å². The second-order valence-corrected chi connectivity index (χ2v) is 8.58. The summed E-state index contributed by atoms with van der Waals surface area (Å²) >= 11 is 0. The Morgan fingerprint density at radius 2 is 1.82 bits per heavy atom. The molecule has 3 rings (SSSR count). The third kappa shape index (κ3) is 3.63. The van der Waals surface area contributed by atoms with Crippen molar-refractivity contribution in [3.05, 3.63) is 24.3 Å². The van der Waals surface area contributed by atoms with Crippen LogP contribution in [0.4, 0.5) is 5.69 Å². The van der Waals surface area contributed by atoms with Crippen LogP contribution in [0.2, 0.25) is 0 Å². The maximum Gasteiger partial charge on any atom is 0.330 e. The highest BCUT2D eigenvalue weighted by Crippen LogP contribution is 2.34. The van der Waals surface area contributed by atoms with E-state index in [-0.39, 0.29) is 17.2 Å². The van der Waals surface area contributed by atoms with E-state index in [0.717, 1.165) is 19.3 Å². The molecule has 1 aromatic rings.